The molecule has 27 heavy (non-hydrogen) atoms. The first-order valence-corrected chi connectivity index (χ1v) is 12.8. The standard InChI is InChI=1S/C6H20N2O12P4.3Na/c9-21(10,11)3-7(4-22(12,13)14)1-2-8(5-23(15,16)17)6-24(18,19)20;;;/h1-6H2,(H2,9,10,11)(H2,12,13,14)(H2,15,16,17)(H2,18,19,20);;;/q;3*+1/p-8. The van der Waals surface area contributed by atoms with Crippen LogP contribution in [0.4, 0.5) is 0 Å². The molecule has 146 valence electrons. The molecule has 0 heterocycles. The van der Waals surface area contributed by atoms with Crippen LogP contribution >= 0.6 is 30.4 Å². The molecule has 0 aliphatic heterocycles. The van der Waals surface area contributed by atoms with E-state index in [1.807, 2.05) is 0 Å². The second kappa shape index (κ2) is 15.4. The second-order valence-electron chi connectivity index (χ2n) is 4.80. The van der Waals surface area contributed by atoms with E-state index in [0.29, 0.717) is 9.80 Å². The van der Waals surface area contributed by atoms with Crippen LogP contribution in [0, 0.1) is 0 Å². The van der Waals surface area contributed by atoms with Crippen molar-refractivity contribution in [1.29, 1.82) is 0 Å². The molecule has 0 bridgehead atoms. The summed E-state index contributed by atoms with van der Waals surface area (Å²) in [6, 6.07) is 0. The van der Waals surface area contributed by atoms with Crippen molar-refractivity contribution in [2.24, 2.45) is 0 Å². The van der Waals surface area contributed by atoms with E-state index in [1.165, 1.54) is 0 Å². The Balaban J connectivity index is -0.000000882. The van der Waals surface area contributed by atoms with Gasteiger partial charge in [0.2, 0.25) is 0 Å². The zero-order valence-electron chi connectivity index (χ0n) is 14.8. The van der Waals surface area contributed by atoms with Gasteiger partial charge in [-0.15, -0.1) is 0 Å². The molecule has 0 aliphatic carbocycles. The molecule has 0 aliphatic rings. The van der Waals surface area contributed by atoms with Gasteiger partial charge < -0.3 is 57.4 Å². The van der Waals surface area contributed by atoms with E-state index < -0.39 is 68.6 Å². The largest absolute Gasteiger partial charge is 1.00 e. The van der Waals surface area contributed by atoms with E-state index >= 15 is 0 Å². The van der Waals surface area contributed by atoms with Gasteiger partial charge in [-0.3, -0.25) is 9.80 Å². The van der Waals surface area contributed by atoms with Gasteiger partial charge in [0.05, 0.1) is 0 Å². The Bertz CT molecular complexity index is 500. The number of hydrogen-bond acceptors (Lipinski definition) is 14. The average molecular weight is 497 g/mol. The van der Waals surface area contributed by atoms with Crippen molar-refractivity contribution in [2.75, 3.05) is 38.2 Å². The molecular formula is C6H12N2Na3O12P4-5. The second-order valence-corrected chi connectivity index (χ2v) is 10.8. The SMILES string of the molecule is O=P([O-])([O-])CN(CCN(CP(=O)([O-])[O-])CP(=O)([O-])[O-])CP(=O)([O-])[O-].[Na+].[Na+].[Na+]. The molecule has 0 amide bonds. The number of hydrogen-bond donors (Lipinski definition) is 0. The van der Waals surface area contributed by atoms with Crippen LogP contribution in [0.2, 0.25) is 0 Å². The smallest absolute Gasteiger partial charge is 0.810 e. The van der Waals surface area contributed by atoms with E-state index in [2.05, 4.69) is 0 Å². The molecule has 0 aromatic rings. The summed E-state index contributed by atoms with van der Waals surface area (Å²) < 4.78 is 42.7. The van der Waals surface area contributed by atoms with Crippen LogP contribution in [-0.2, 0) is 18.3 Å². The van der Waals surface area contributed by atoms with Gasteiger partial charge in [0.25, 0.3) is 0 Å². The van der Waals surface area contributed by atoms with Gasteiger partial charge in [-0.05, 0) is 0 Å². The van der Waals surface area contributed by atoms with Crippen molar-refractivity contribution >= 4 is 30.4 Å². The number of nitrogens with zero attached hydrogens (tertiary/aromatic N) is 2. The van der Waals surface area contributed by atoms with E-state index in [-0.39, 0.29) is 88.7 Å². The minimum Gasteiger partial charge on any atom is -0.810 e. The predicted molar refractivity (Wildman–Crippen MR) is 63.3 cm³/mol. The van der Waals surface area contributed by atoms with Gasteiger partial charge in [0, 0.05) is 38.2 Å². The molecule has 0 saturated heterocycles. The molecule has 0 spiro atoms. The van der Waals surface area contributed by atoms with Crippen molar-refractivity contribution in [3.05, 3.63) is 0 Å². The molecule has 0 atom stereocenters. The van der Waals surface area contributed by atoms with Gasteiger partial charge in [-0.2, -0.15) is 0 Å². The number of rotatable bonds is 11. The summed E-state index contributed by atoms with van der Waals surface area (Å²) in [5.74, 6) is 0. The fraction of sp³-hybridized carbons (Fsp3) is 1.00. The first kappa shape index (κ1) is 37.8. The zero-order valence-corrected chi connectivity index (χ0v) is 24.4. The Hall–Kier alpha value is 3.52. The third-order valence-corrected chi connectivity index (χ3v) is 5.21. The van der Waals surface area contributed by atoms with Gasteiger partial charge in [-0.25, -0.2) is 0 Å². The van der Waals surface area contributed by atoms with E-state index in [0.717, 1.165) is 0 Å². The maximum absolute atomic E-state index is 10.7. The fourth-order valence-corrected chi connectivity index (χ4v) is 4.88. The zero-order chi connectivity index (χ0) is 19.4. The van der Waals surface area contributed by atoms with Crippen molar-refractivity contribution in [2.45, 2.75) is 0 Å². The van der Waals surface area contributed by atoms with Gasteiger partial charge in [-0.1, -0.05) is 30.4 Å². The van der Waals surface area contributed by atoms with E-state index in [1.54, 1.807) is 0 Å². The molecule has 21 heteroatoms. The normalized spacial score (nSPS) is 13.0. The van der Waals surface area contributed by atoms with Crippen LogP contribution in [0.3, 0.4) is 0 Å². The molecule has 0 saturated carbocycles. The molecule has 0 rings (SSSR count). The Morgan fingerprint density at radius 3 is 0.704 bits per heavy atom. The summed E-state index contributed by atoms with van der Waals surface area (Å²) in [5, 5.41) is 0. The maximum Gasteiger partial charge on any atom is 1.00 e. The Morgan fingerprint density at radius 1 is 0.444 bits per heavy atom. The maximum atomic E-state index is 10.7. The fourth-order valence-electron chi connectivity index (χ4n) is 1.63. The third-order valence-electron chi connectivity index (χ3n) is 2.23. The summed E-state index contributed by atoms with van der Waals surface area (Å²) in [4.78, 5) is 85.9. The van der Waals surface area contributed by atoms with Crippen LogP contribution in [0.5, 0.6) is 0 Å². The molecule has 0 N–H and O–H groups in total. The quantitative estimate of drug-likeness (QED) is 0.190. The van der Waals surface area contributed by atoms with Gasteiger partial charge >= 0.3 is 88.7 Å². The predicted octanol–water partition coefficient (Wildman–Crippen LogP) is -15.9. The molecule has 0 fully saturated rings. The van der Waals surface area contributed by atoms with Crippen LogP contribution < -0.4 is 128 Å². The van der Waals surface area contributed by atoms with E-state index in [9.17, 15) is 57.4 Å². The monoisotopic (exact) mass is 497 g/mol. The molecule has 0 aromatic carbocycles. The first-order chi connectivity index (χ1) is 10.4. The topological polar surface area (TPSA) is 259 Å². The Kier molecular flexibility index (Phi) is 21.5. The van der Waals surface area contributed by atoms with Crippen LogP contribution in [0.1, 0.15) is 0 Å². The Labute approximate surface area is 222 Å². The summed E-state index contributed by atoms with van der Waals surface area (Å²) in [5.41, 5.74) is 0. The van der Waals surface area contributed by atoms with Gasteiger partial charge in [0.1, 0.15) is 0 Å². The summed E-state index contributed by atoms with van der Waals surface area (Å²) in [6.07, 6.45) is -5.63. The van der Waals surface area contributed by atoms with Crippen LogP contribution in [0.25, 0.3) is 0 Å². The van der Waals surface area contributed by atoms with Crippen molar-refractivity contribution in [3.63, 3.8) is 0 Å². The molecule has 14 nitrogen and oxygen atoms in total. The van der Waals surface area contributed by atoms with Crippen molar-refractivity contribution in [3.8, 4) is 0 Å². The minimum absolute atomic E-state index is 0. The van der Waals surface area contributed by atoms with Crippen molar-refractivity contribution < 1.29 is 146 Å². The summed E-state index contributed by atoms with van der Waals surface area (Å²) in [6.45, 7) is -1.55. The molecule has 0 unspecified atom stereocenters. The third kappa shape index (κ3) is 27.5. The first-order valence-electron chi connectivity index (χ1n) is 5.85. The Morgan fingerprint density at radius 2 is 0.593 bits per heavy atom. The van der Waals surface area contributed by atoms with Gasteiger partial charge in [0.15, 0.2) is 0 Å². The van der Waals surface area contributed by atoms with Crippen molar-refractivity contribution in [1.82, 2.24) is 9.80 Å². The molecule has 0 aromatic heterocycles. The van der Waals surface area contributed by atoms with Crippen LogP contribution in [-0.4, -0.2) is 48.0 Å². The summed E-state index contributed by atoms with van der Waals surface area (Å²) >= 11 is 0. The molecular weight excluding hydrogens is 485 g/mol. The average Bonchev–Trinajstić information content (AvgIpc) is 2.16. The summed E-state index contributed by atoms with van der Waals surface area (Å²) in [7, 11) is -21.2. The minimum atomic E-state index is -5.30. The molecule has 0 radical (unpaired) electrons. The van der Waals surface area contributed by atoms with E-state index in [4.69, 9.17) is 0 Å². The van der Waals surface area contributed by atoms with Crippen LogP contribution in [0.15, 0.2) is 0 Å².